The van der Waals surface area contributed by atoms with Crippen LogP contribution in [0.2, 0.25) is 5.02 Å². The normalized spacial score (nSPS) is 11.3. The van der Waals surface area contributed by atoms with Gasteiger partial charge in [-0.3, -0.25) is 4.72 Å². The Morgan fingerprint density at radius 3 is 2.70 bits per heavy atom. The van der Waals surface area contributed by atoms with E-state index in [4.69, 9.17) is 17.3 Å². The number of pyridine rings is 1. The Kier molecular flexibility index (Phi) is 3.82. The van der Waals surface area contributed by atoms with E-state index in [9.17, 15) is 12.8 Å². The summed E-state index contributed by atoms with van der Waals surface area (Å²) in [5, 5.41) is 0.156. The molecule has 0 unspecified atom stereocenters. The summed E-state index contributed by atoms with van der Waals surface area (Å²) in [6, 6.07) is 6.56. The van der Waals surface area contributed by atoms with Gasteiger partial charge in [-0.25, -0.2) is 17.8 Å². The molecule has 8 heteroatoms. The van der Waals surface area contributed by atoms with Crippen LogP contribution in [0.15, 0.2) is 35.2 Å². The van der Waals surface area contributed by atoms with Gasteiger partial charge in [-0.1, -0.05) is 17.7 Å². The molecule has 1 aromatic carbocycles. The molecule has 1 heterocycles. The Hall–Kier alpha value is -1.86. The molecule has 20 heavy (non-hydrogen) atoms. The van der Waals surface area contributed by atoms with E-state index in [0.717, 1.165) is 12.1 Å². The molecule has 5 nitrogen and oxygen atoms in total. The van der Waals surface area contributed by atoms with E-state index in [-0.39, 0.29) is 16.7 Å². The number of nitrogens with two attached hydrogens (primary N) is 1. The quantitative estimate of drug-likeness (QED) is 0.911. The zero-order valence-electron chi connectivity index (χ0n) is 10.4. The highest BCUT2D eigenvalue weighted by Gasteiger charge is 2.21. The van der Waals surface area contributed by atoms with Crippen molar-refractivity contribution in [3.8, 4) is 0 Å². The number of nitrogen functional groups attached to an aromatic ring is 1. The van der Waals surface area contributed by atoms with Crippen molar-refractivity contribution in [1.82, 2.24) is 4.98 Å². The van der Waals surface area contributed by atoms with E-state index >= 15 is 0 Å². The van der Waals surface area contributed by atoms with Crippen molar-refractivity contribution in [2.45, 2.75) is 11.8 Å². The molecule has 0 saturated heterocycles. The van der Waals surface area contributed by atoms with Crippen LogP contribution in [0.25, 0.3) is 0 Å². The summed E-state index contributed by atoms with van der Waals surface area (Å²) < 4.78 is 40.2. The number of sulfonamides is 1. The molecule has 106 valence electrons. The van der Waals surface area contributed by atoms with Gasteiger partial charge < -0.3 is 5.73 Å². The Labute approximate surface area is 120 Å². The SMILES string of the molecule is Cc1cc(S(=O)(=O)Nc2cccc(N)n2)c(F)cc1Cl. The van der Waals surface area contributed by atoms with Crippen molar-refractivity contribution in [1.29, 1.82) is 0 Å². The zero-order chi connectivity index (χ0) is 14.9. The van der Waals surface area contributed by atoms with Crippen molar-refractivity contribution in [2.24, 2.45) is 0 Å². The van der Waals surface area contributed by atoms with Crippen LogP contribution in [-0.4, -0.2) is 13.4 Å². The van der Waals surface area contributed by atoms with Crippen molar-refractivity contribution in [3.63, 3.8) is 0 Å². The van der Waals surface area contributed by atoms with Crippen LogP contribution in [0, 0.1) is 12.7 Å². The third-order valence-corrected chi connectivity index (χ3v) is 4.29. The fourth-order valence-electron chi connectivity index (χ4n) is 1.54. The minimum atomic E-state index is -4.10. The minimum Gasteiger partial charge on any atom is -0.384 e. The first-order chi connectivity index (χ1) is 9.29. The predicted molar refractivity (Wildman–Crippen MR) is 75.6 cm³/mol. The smallest absolute Gasteiger partial charge is 0.265 e. The van der Waals surface area contributed by atoms with Crippen LogP contribution in [0.1, 0.15) is 5.56 Å². The van der Waals surface area contributed by atoms with Gasteiger partial charge in [-0.15, -0.1) is 0 Å². The molecular formula is C12H11ClFN3O2S. The van der Waals surface area contributed by atoms with Gasteiger partial charge in [0.2, 0.25) is 0 Å². The van der Waals surface area contributed by atoms with Gasteiger partial charge >= 0.3 is 0 Å². The van der Waals surface area contributed by atoms with Crippen molar-refractivity contribution in [3.05, 3.63) is 46.7 Å². The van der Waals surface area contributed by atoms with Crippen LogP contribution < -0.4 is 10.5 Å². The third kappa shape index (κ3) is 3.00. The van der Waals surface area contributed by atoms with Gasteiger partial charge in [0.15, 0.2) is 0 Å². The summed E-state index contributed by atoms with van der Waals surface area (Å²) in [5.41, 5.74) is 5.91. The number of aryl methyl sites for hydroxylation is 1. The Morgan fingerprint density at radius 1 is 1.35 bits per heavy atom. The number of nitrogens with zero attached hydrogens (tertiary/aromatic N) is 1. The predicted octanol–water partition coefficient (Wildman–Crippen LogP) is 2.57. The molecule has 2 aromatic rings. The standard InChI is InChI=1S/C12H11ClFN3O2S/c1-7-5-10(9(14)6-8(7)13)20(18,19)17-12-4-2-3-11(15)16-12/h2-6H,1H3,(H3,15,16,17). The maximum Gasteiger partial charge on any atom is 0.265 e. The highest BCUT2D eigenvalue weighted by atomic mass is 35.5. The first kappa shape index (κ1) is 14.5. The summed E-state index contributed by atoms with van der Waals surface area (Å²) in [5.74, 6) is -0.771. The van der Waals surface area contributed by atoms with E-state index in [1.807, 2.05) is 0 Å². The number of aromatic nitrogens is 1. The molecule has 0 fully saturated rings. The topological polar surface area (TPSA) is 85.1 Å². The highest BCUT2D eigenvalue weighted by molar-refractivity contribution is 7.92. The van der Waals surface area contributed by atoms with Crippen molar-refractivity contribution < 1.29 is 12.8 Å². The molecular weight excluding hydrogens is 305 g/mol. The first-order valence-electron chi connectivity index (χ1n) is 5.50. The number of hydrogen-bond donors (Lipinski definition) is 2. The maximum absolute atomic E-state index is 13.8. The van der Waals surface area contributed by atoms with Crippen molar-refractivity contribution >= 4 is 33.3 Å². The number of hydrogen-bond acceptors (Lipinski definition) is 4. The molecule has 0 radical (unpaired) electrons. The van der Waals surface area contributed by atoms with Gasteiger partial charge in [0.05, 0.1) is 0 Å². The molecule has 1 aromatic heterocycles. The lowest BCUT2D eigenvalue weighted by molar-refractivity contribution is 0.570. The summed E-state index contributed by atoms with van der Waals surface area (Å²) in [6.07, 6.45) is 0. The van der Waals surface area contributed by atoms with Crippen molar-refractivity contribution in [2.75, 3.05) is 10.5 Å². The second kappa shape index (κ2) is 5.26. The molecule has 3 N–H and O–H groups in total. The largest absolute Gasteiger partial charge is 0.384 e. The Morgan fingerprint density at radius 2 is 2.05 bits per heavy atom. The molecule has 0 amide bonds. The number of anilines is 2. The number of rotatable bonds is 3. The fraction of sp³-hybridized carbons (Fsp3) is 0.0833. The maximum atomic E-state index is 13.8. The van der Waals surface area contributed by atoms with E-state index < -0.39 is 20.7 Å². The van der Waals surface area contributed by atoms with Gasteiger partial charge in [-0.05, 0) is 36.8 Å². The van der Waals surface area contributed by atoms with E-state index in [1.165, 1.54) is 18.2 Å². The lowest BCUT2D eigenvalue weighted by Crippen LogP contribution is -2.16. The number of halogens is 2. The summed E-state index contributed by atoms with van der Waals surface area (Å²) in [6.45, 7) is 1.58. The lowest BCUT2D eigenvalue weighted by atomic mass is 10.2. The highest BCUT2D eigenvalue weighted by Crippen LogP contribution is 2.24. The van der Waals surface area contributed by atoms with E-state index in [2.05, 4.69) is 9.71 Å². The van der Waals surface area contributed by atoms with Crippen LogP contribution in [0.3, 0.4) is 0 Å². The number of nitrogens with one attached hydrogen (secondary N) is 1. The summed E-state index contributed by atoms with van der Waals surface area (Å²) >= 11 is 5.73. The third-order valence-electron chi connectivity index (χ3n) is 2.51. The lowest BCUT2D eigenvalue weighted by Gasteiger charge is -2.10. The zero-order valence-corrected chi connectivity index (χ0v) is 12.0. The van der Waals surface area contributed by atoms with Gasteiger partial charge in [0.1, 0.15) is 22.3 Å². The Bertz CT molecular complexity index is 765. The molecule has 0 aliphatic rings. The number of benzene rings is 1. The van der Waals surface area contributed by atoms with Gasteiger partial charge in [0, 0.05) is 5.02 Å². The average molecular weight is 316 g/mol. The van der Waals surface area contributed by atoms with Crippen LogP contribution in [-0.2, 0) is 10.0 Å². The summed E-state index contributed by atoms with van der Waals surface area (Å²) in [7, 11) is -4.10. The summed E-state index contributed by atoms with van der Waals surface area (Å²) in [4.78, 5) is 3.30. The van der Waals surface area contributed by atoms with Crippen LogP contribution >= 0.6 is 11.6 Å². The van der Waals surface area contributed by atoms with Gasteiger partial charge in [0.25, 0.3) is 10.0 Å². The fourth-order valence-corrected chi connectivity index (χ4v) is 2.83. The van der Waals surface area contributed by atoms with Gasteiger partial charge in [-0.2, -0.15) is 0 Å². The molecule has 0 spiro atoms. The second-order valence-electron chi connectivity index (χ2n) is 4.09. The molecule has 0 saturated carbocycles. The monoisotopic (exact) mass is 315 g/mol. The molecule has 0 aliphatic carbocycles. The molecule has 0 aliphatic heterocycles. The van der Waals surface area contributed by atoms with E-state index in [0.29, 0.717) is 5.56 Å². The second-order valence-corrected chi connectivity index (χ2v) is 6.14. The van der Waals surface area contributed by atoms with Crippen LogP contribution in [0.4, 0.5) is 16.0 Å². The molecule has 0 bridgehead atoms. The minimum absolute atomic E-state index is 0.0111. The van der Waals surface area contributed by atoms with Crippen LogP contribution in [0.5, 0.6) is 0 Å². The molecule has 0 atom stereocenters. The first-order valence-corrected chi connectivity index (χ1v) is 7.37. The average Bonchev–Trinajstić information content (AvgIpc) is 2.33. The molecule has 2 rings (SSSR count). The Balaban J connectivity index is 2.43. The van der Waals surface area contributed by atoms with E-state index in [1.54, 1.807) is 6.92 Å².